The quantitative estimate of drug-likeness (QED) is 0.813. The molecule has 3 rings (SSSR count). The Morgan fingerprint density at radius 2 is 1.89 bits per heavy atom. The molecule has 19 heavy (non-hydrogen) atoms. The van der Waals surface area contributed by atoms with Gasteiger partial charge in [-0.25, -0.2) is 4.98 Å². The van der Waals surface area contributed by atoms with Gasteiger partial charge >= 0.3 is 0 Å². The van der Waals surface area contributed by atoms with Crippen LogP contribution in [0.25, 0.3) is 0 Å². The summed E-state index contributed by atoms with van der Waals surface area (Å²) in [6.45, 7) is 5.49. The van der Waals surface area contributed by atoms with Gasteiger partial charge in [-0.2, -0.15) is 0 Å². The summed E-state index contributed by atoms with van der Waals surface area (Å²) >= 11 is 0. The van der Waals surface area contributed by atoms with Gasteiger partial charge in [0.05, 0.1) is 0 Å². The third-order valence-electron chi connectivity index (χ3n) is 4.16. The van der Waals surface area contributed by atoms with Crippen molar-refractivity contribution in [3.05, 3.63) is 23.4 Å². The predicted octanol–water partition coefficient (Wildman–Crippen LogP) is 3.35. The molecule has 3 heteroatoms. The molecule has 3 heterocycles. The molecule has 0 unspecified atom stereocenters. The molecule has 0 atom stereocenters. The molecule has 0 saturated carbocycles. The number of rotatable bonds is 2. The molecule has 1 aromatic rings. The van der Waals surface area contributed by atoms with E-state index >= 15 is 0 Å². The van der Waals surface area contributed by atoms with E-state index in [0.717, 1.165) is 26.1 Å². The molecule has 0 radical (unpaired) electrons. The minimum atomic E-state index is 0.988. The van der Waals surface area contributed by atoms with Crippen molar-refractivity contribution >= 4 is 11.5 Å². The number of piperidine rings is 1. The highest BCUT2D eigenvalue weighted by atomic mass is 15.2. The largest absolute Gasteiger partial charge is 0.356 e. The molecule has 1 saturated heterocycles. The first-order valence-corrected chi connectivity index (χ1v) is 7.60. The van der Waals surface area contributed by atoms with E-state index < -0.39 is 0 Å². The zero-order valence-corrected chi connectivity index (χ0v) is 11.9. The van der Waals surface area contributed by atoms with E-state index in [1.807, 2.05) is 6.20 Å². The summed E-state index contributed by atoms with van der Waals surface area (Å²) in [5.74, 6) is 1.18. The summed E-state index contributed by atoms with van der Waals surface area (Å²) in [6.07, 6.45) is 9.62. The van der Waals surface area contributed by atoms with Crippen LogP contribution in [0.5, 0.6) is 0 Å². The van der Waals surface area contributed by atoms with Crippen molar-refractivity contribution < 1.29 is 0 Å². The van der Waals surface area contributed by atoms with Gasteiger partial charge in [0.1, 0.15) is 5.82 Å². The van der Waals surface area contributed by atoms with Crippen molar-refractivity contribution in [1.29, 1.82) is 0 Å². The second kappa shape index (κ2) is 5.72. The fourth-order valence-electron chi connectivity index (χ4n) is 3.10. The number of aryl methyl sites for hydroxylation is 1. The topological polar surface area (TPSA) is 28.5 Å². The summed E-state index contributed by atoms with van der Waals surface area (Å²) in [5.41, 5.74) is 3.79. The molecule has 0 amide bonds. The maximum atomic E-state index is 4.72. The van der Waals surface area contributed by atoms with E-state index in [1.54, 1.807) is 0 Å². The van der Waals surface area contributed by atoms with Crippen molar-refractivity contribution in [3.8, 4) is 0 Å². The number of nitrogens with zero attached hydrogens (tertiary/aromatic N) is 3. The number of anilines is 1. The molecule has 1 aromatic heterocycles. The highest BCUT2D eigenvalue weighted by Gasteiger charge is 2.16. The van der Waals surface area contributed by atoms with Crippen molar-refractivity contribution in [1.82, 2.24) is 4.98 Å². The Balaban J connectivity index is 1.82. The zero-order valence-electron chi connectivity index (χ0n) is 11.9. The van der Waals surface area contributed by atoms with Crippen LogP contribution >= 0.6 is 0 Å². The molecule has 1 fully saturated rings. The van der Waals surface area contributed by atoms with Crippen molar-refractivity contribution in [3.63, 3.8) is 0 Å². The van der Waals surface area contributed by atoms with Crippen LogP contribution in [-0.4, -0.2) is 30.3 Å². The van der Waals surface area contributed by atoms with Crippen LogP contribution in [0.3, 0.4) is 0 Å². The molecule has 0 aromatic carbocycles. The molecule has 102 valence electrons. The summed E-state index contributed by atoms with van der Waals surface area (Å²) in [4.78, 5) is 11.8. The van der Waals surface area contributed by atoms with Gasteiger partial charge in [0, 0.05) is 37.1 Å². The average Bonchev–Trinajstić information content (AvgIpc) is 2.49. The maximum Gasteiger partial charge on any atom is 0.131 e. The number of aromatic nitrogens is 1. The van der Waals surface area contributed by atoms with Gasteiger partial charge < -0.3 is 4.90 Å². The van der Waals surface area contributed by atoms with Gasteiger partial charge in [0.2, 0.25) is 0 Å². The fraction of sp³-hybridized carbons (Fsp3) is 0.625. The number of hydrogen-bond acceptors (Lipinski definition) is 3. The van der Waals surface area contributed by atoms with Crippen molar-refractivity contribution in [2.45, 2.75) is 45.4 Å². The lowest BCUT2D eigenvalue weighted by Crippen LogP contribution is -2.30. The molecule has 2 aliphatic heterocycles. The van der Waals surface area contributed by atoms with Crippen LogP contribution in [0.1, 0.15) is 49.7 Å². The number of aliphatic imine (C=N–C) groups is 1. The second-order valence-corrected chi connectivity index (χ2v) is 5.70. The first-order valence-electron chi connectivity index (χ1n) is 7.60. The summed E-state index contributed by atoms with van der Waals surface area (Å²) in [5, 5.41) is 0. The number of pyridine rings is 1. The smallest absolute Gasteiger partial charge is 0.131 e. The van der Waals surface area contributed by atoms with Gasteiger partial charge in [0.25, 0.3) is 0 Å². The Bertz CT molecular complexity index is 473. The van der Waals surface area contributed by atoms with Gasteiger partial charge in [-0.15, -0.1) is 0 Å². The summed E-state index contributed by atoms with van der Waals surface area (Å²) in [7, 11) is 0. The molecule has 0 spiro atoms. The maximum absolute atomic E-state index is 4.72. The van der Waals surface area contributed by atoms with E-state index in [9.17, 15) is 0 Å². The van der Waals surface area contributed by atoms with Crippen LogP contribution in [0.2, 0.25) is 0 Å². The normalized spacial score (nSPS) is 20.3. The lowest BCUT2D eigenvalue weighted by molar-refractivity contribution is 0.572. The molecular weight excluding hydrogens is 234 g/mol. The number of hydrogen-bond donors (Lipinski definition) is 0. The van der Waals surface area contributed by atoms with Crippen LogP contribution in [0.4, 0.5) is 5.82 Å². The van der Waals surface area contributed by atoms with E-state index in [4.69, 9.17) is 4.98 Å². The molecule has 0 bridgehead atoms. The van der Waals surface area contributed by atoms with Crippen LogP contribution in [-0.2, 0) is 0 Å². The van der Waals surface area contributed by atoms with Crippen LogP contribution in [0, 0.1) is 6.92 Å². The molecule has 0 aliphatic carbocycles. The Morgan fingerprint density at radius 1 is 1.05 bits per heavy atom. The minimum absolute atomic E-state index is 0.988. The minimum Gasteiger partial charge on any atom is -0.356 e. The Morgan fingerprint density at radius 3 is 2.58 bits per heavy atom. The van der Waals surface area contributed by atoms with E-state index in [-0.39, 0.29) is 0 Å². The lowest BCUT2D eigenvalue weighted by Gasteiger charge is -2.29. The van der Waals surface area contributed by atoms with Crippen LogP contribution in [0.15, 0.2) is 17.3 Å². The Kier molecular flexibility index (Phi) is 3.81. The molecule has 3 nitrogen and oxygen atoms in total. The van der Waals surface area contributed by atoms with Crippen molar-refractivity contribution in [2.24, 2.45) is 4.99 Å². The molecule has 2 aliphatic rings. The predicted molar refractivity (Wildman–Crippen MR) is 80.3 cm³/mol. The third-order valence-corrected chi connectivity index (χ3v) is 4.16. The van der Waals surface area contributed by atoms with Crippen LogP contribution < -0.4 is 4.90 Å². The zero-order chi connectivity index (χ0) is 13.1. The van der Waals surface area contributed by atoms with Gasteiger partial charge in [0.15, 0.2) is 0 Å². The lowest BCUT2D eigenvalue weighted by atomic mass is 10.0. The Labute approximate surface area is 115 Å². The van der Waals surface area contributed by atoms with Gasteiger partial charge in [-0.05, 0) is 57.1 Å². The monoisotopic (exact) mass is 257 g/mol. The first kappa shape index (κ1) is 12.6. The third kappa shape index (κ3) is 2.80. The molecule has 0 N–H and O–H groups in total. The van der Waals surface area contributed by atoms with Gasteiger partial charge in [-0.3, -0.25) is 4.99 Å². The second-order valence-electron chi connectivity index (χ2n) is 5.70. The SMILES string of the molecule is Cc1cc(C2=NCCCC2)cnc1N1CCCCC1. The fourth-order valence-corrected chi connectivity index (χ4v) is 3.10. The van der Waals surface area contributed by atoms with Crippen molar-refractivity contribution in [2.75, 3.05) is 24.5 Å². The summed E-state index contributed by atoms with van der Waals surface area (Å²) in [6, 6.07) is 2.28. The highest BCUT2D eigenvalue weighted by molar-refractivity contribution is 6.01. The van der Waals surface area contributed by atoms with E-state index in [0.29, 0.717) is 0 Å². The standard InChI is InChI=1S/C16H23N3/c1-13-11-14(15-7-3-4-8-17-15)12-18-16(13)19-9-5-2-6-10-19/h11-12H,2-10H2,1H3. The Hall–Kier alpha value is -1.38. The van der Waals surface area contributed by atoms with E-state index in [2.05, 4.69) is 22.9 Å². The van der Waals surface area contributed by atoms with E-state index in [1.165, 1.54) is 54.8 Å². The molecular formula is C16H23N3. The first-order chi connectivity index (χ1) is 9.34. The summed E-state index contributed by atoms with van der Waals surface area (Å²) < 4.78 is 0. The van der Waals surface area contributed by atoms with Gasteiger partial charge in [-0.1, -0.05) is 0 Å². The average molecular weight is 257 g/mol. The highest BCUT2D eigenvalue weighted by Crippen LogP contribution is 2.23.